The molecule has 0 aliphatic carbocycles. The van der Waals surface area contributed by atoms with Crippen LogP contribution in [-0.2, 0) is 4.74 Å². The lowest BCUT2D eigenvalue weighted by atomic mass is 9.88. The monoisotopic (exact) mass is 171 g/mol. The van der Waals surface area contributed by atoms with Gasteiger partial charge in [-0.25, -0.2) is 0 Å². The van der Waals surface area contributed by atoms with Gasteiger partial charge >= 0.3 is 0 Å². The summed E-state index contributed by atoms with van der Waals surface area (Å²) in [5.74, 6) is 0.814. The molecular formula is C10H21NO. The molecule has 1 unspecified atom stereocenters. The van der Waals surface area contributed by atoms with Crippen molar-refractivity contribution in [2.45, 2.75) is 38.7 Å². The van der Waals surface area contributed by atoms with Crippen molar-refractivity contribution in [1.29, 1.82) is 0 Å². The molecule has 0 spiro atoms. The Labute approximate surface area is 75.7 Å². The second-order valence-corrected chi connectivity index (χ2v) is 4.38. The van der Waals surface area contributed by atoms with E-state index >= 15 is 0 Å². The Morgan fingerprint density at radius 2 is 2.25 bits per heavy atom. The third kappa shape index (κ3) is 3.11. The molecule has 72 valence electrons. The van der Waals surface area contributed by atoms with Gasteiger partial charge in [-0.05, 0) is 52.1 Å². The van der Waals surface area contributed by atoms with Gasteiger partial charge in [0, 0.05) is 7.11 Å². The molecule has 1 atom stereocenters. The van der Waals surface area contributed by atoms with Crippen LogP contribution < -0.4 is 5.32 Å². The molecule has 0 saturated carbocycles. The van der Waals surface area contributed by atoms with Crippen molar-refractivity contribution in [3.8, 4) is 0 Å². The molecule has 1 heterocycles. The highest BCUT2D eigenvalue weighted by atomic mass is 16.5. The van der Waals surface area contributed by atoms with Crippen LogP contribution in [0.1, 0.15) is 33.1 Å². The van der Waals surface area contributed by atoms with E-state index in [1.165, 1.54) is 32.4 Å². The Hall–Kier alpha value is -0.0800. The Bertz CT molecular complexity index is 128. The van der Waals surface area contributed by atoms with E-state index in [9.17, 15) is 0 Å². The van der Waals surface area contributed by atoms with Crippen LogP contribution in [0.15, 0.2) is 0 Å². The normalized spacial score (nSPS) is 25.8. The molecule has 1 aliphatic rings. The number of nitrogens with one attached hydrogen (secondary N) is 1. The molecule has 0 aromatic carbocycles. The van der Waals surface area contributed by atoms with Gasteiger partial charge in [-0.15, -0.1) is 0 Å². The zero-order valence-corrected chi connectivity index (χ0v) is 8.52. The minimum Gasteiger partial charge on any atom is -0.379 e. The molecule has 1 fully saturated rings. The zero-order chi connectivity index (χ0) is 9.03. The third-order valence-corrected chi connectivity index (χ3v) is 2.73. The highest BCUT2D eigenvalue weighted by molar-refractivity contribution is 4.77. The van der Waals surface area contributed by atoms with Crippen LogP contribution in [0, 0.1) is 5.92 Å². The molecule has 1 saturated heterocycles. The molecule has 0 radical (unpaired) electrons. The number of rotatable bonds is 3. The maximum absolute atomic E-state index is 5.41. The fraction of sp³-hybridized carbons (Fsp3) is 1.00. The van der Waals surface area contributed by atoms with E-state index in [-0.39, 0.29) is 5.60 Å². The Morgan fingerprint density at radius 1 is 1.50 bits per heavy atom. The van der Waals surface area contributed by atoms with E-state index in [1.807, 2.05) is 0 Å². The second kappa shape index (κ2) is 4.24. The zero-order valence-electron chi connectivity index (χ0n) is 8.52. The van der Waals surface area contributed by atoms with Gasteiger partial charge in [-0.1, -0.05) is 0 Å². The predicted molar refractivity (Wildman–Crippen MR) is 51.3 cm³/mol. The first kappa shape index (κ1) is 10.0. The molecule has 0 aromatic heterocycles. The average Bonchev–Trinajstić information content (AvgIpc) is 2.06. The Kier molecular flexibility index (Phi) is 3.53. The van der Waals surface area contributed by atoms with Gasteiger partial charge in [0.2, 0.25) is 0 Å². The van der Waals surface area contributed by atoms with E-state index in [0.29, 0.717) is 0 Å². The maximum atomic E-state index is 5.41. The van der Waals surface area contributed by atoms with Gasteiger partial charge in [-0.3, -0.25) is 0 Å². The van der Waals surface area contributed by atoms with Crippen LogP contribution in [-0.4, -0.2) is 25.8 Å². The van der Waals surface area contributed by atoms with E-state index in [0.717, 1.165) is 5.92 Å². The standard InChI is InChI=1S/C10H21NO/c1-10(2,12-3)7-9-5-4-6-11-8-9/h9,11H,4-8H2,1-3H3. The molecule has 1 aliphatic heterocycles. The van der Waals surface area contributed by atoms with Crippen molar-refractivity contribution in [2.75, 3.05) is 20.2 Å². The van der Waals surface area contributed by atoms with Crippen molar-refractivity contribution in [3.05, 3.63) is 0 Å². The summed E-state index contributed by atoms with van der Waals surface area (Å²) in [6.07, 6.45) is 3.86. The van der Waals surface area contributed by atoms with Gasteiger partial charge in [0.05, 0.1) is 5.60 Å². The van der Waals surface area contributed by atoms with Crippen LogP contribution in [0.5, 0.6) is 0 Å². The molecule has 1 N–H and O–H groups in total. The first-order chi connectivity index (χ1) is 5.64. The van der Waals surface area contributed by atoms with Gasteiger partial charge in [0.25, 0.3) is 0 Å². The average molecular weight is 171 g/mol. The van der Waals surface area contributed by atoms with Crippen molar-refractivity contribution >= 4 is 0 Å². The summed E-state index contributed by atoms with van der Waals surface area (Å²) in [5.41, 5.74) is 0.0592. The molecule has 1 rings (SSSR count). The molecule has 12 heavy (non-hydrogen) atoms. The van der Waals surface area contributed by atoms with Gasteiger partial charge < -0.3 is 10.1 Å². The largest absolute Gasteiger partial charge is 0.379 e. The number of hydrogen-bond acceptors (Lipinski definition) is 2. The number of hydrogen-bond donors (Lipinski definition) is 1. The minimum atomic E-state index is 0.0592. The SMILES string of the molecule is COC(C)(C)CC1CCCNC1. The Balaban J connectivity index is 2.28. The highest BCUT2D eigenvalue weighted by Gasteiger charge is 2.23. The summed E-state index contributed by atoms with van der Waals surface area (Å²) < 4.78 is 5.41. The van der Waals surface area contributed by atoms with Gasteiger partial charge in [-0.2, -0.15) is 0 Å². The van der Waals surface area contributed by atoms with Gasteiger partial charge in [0.1, 0.15) is 0 Å². The van der Waals surface area contributed by atoms with E-state index in [1.54, 1.807) is 7.11 Å². The molecule has 2 heteroatoms. The highest BCUT2D eigenvalue weighted by Crippen LogP contribution is 2.24. The smallest absolute Gasteiger partial charge is 0.0625 e. The lowest BCUT2D eigenvalue weighted by molar-refractivity contribution is -0.000661. The number of methoxy groups -OCH3 is 1. The molecular weight excluding hydrogens is 150 g/mol. The summed E-state index contributed by atoms with van der Waals surface area (Å²) in [7, 11) is 1.80. The minimum absolute atomic E-state index is 0.0592. The van der Waals surface area contributed by atoms with Gasteiger partial charge in [0.15, 0.2) is 0 Å². The van der Waals surface area contributed by atoms with Crippen molar-refractivity contribution in [1.82, 2.24) is 5.32 Å². The first-order valence-corrected chi connectivity index (χ1v) is 4.90. The number of piperidine rings is 1. The third-order valence-electron chi connectivity index (χ3n) is 2.73. The van der Waals surface area contributed by atoms with Crippen LogP contribution in [0.3, 0.4) is 0 Å². The molecule has 0 bridgehead atoms. The van der Waals surface area contributed by atoms with Crippen LogP contribution in [0.25, 0.3) is 0 Å². The lowest BCUT2D eigenvalue weighted by Gasteiger charge is -2.31. The Morgan fingerprint density at radius 3 is 2.75 bits per heavy atom. The fourth-order valence-corrected chi connectivity index (χ4v) is 1.88. The quantitative estimate of drug-likeness (QED) is 0.699. The summed E-state index contributed by atoms with van der Waals surface area (Å²) >= 11 is 0. The van der Waals surface area contributed by atoms with E-state index in [2.05, 4.69) is 19.2 Å². The predicted octanol–water partition coefficient (Wildman–Crippen LogP) is 1.80. The van der Waals surface area contributed by atoms with Crippen LogP contribution in [0.2, 0.25) is 0 Å². The lowest BCUT2D eigenvalue weighted by Crippen LogP contribution is -2.35. The van der Waals surface area contributed by atoms with E-state index in [4.69, 9.17) is 4.74 Å². The summed E-state index contributed by atoms with van der Waals surface area (Å²) in [4.78, 5) is 0. The first-order valence-electron chi connectivity index (χ1n) is 4.90. The fourth-order valence-electron chi connectivity index (χ4n) is 1.88. The van der Waals surface area contributed by atoms with Crippen molar-refractivity contribution in [2.24, 2.45) is 5.92 Å². The molecule has 2 nitrogen and oxygen atoms in total. The molecule has 0 aromatic rings. The van der Waals surface area contributed by atoms with Crippen molar-refractivity contribution < 1.29 is 4.74 Å². The van der Waals surface area contributed by atoms with Crippen molar-refractivity contribution in [3.63, 3.8) is 0 Å². The van der Waals surface area contributed by atoms with Crippen LogP contribution >= 0.6 is 0 Å². The topological polar surface area (TPSA) is 21.3 Å². The summed E-state index contributed by atoms with van der Waals surface area (Å²) in [6, 6.07) is 0. The van der Waals surface area contributed by atoms with Crippen LogP contribution in [0.4, 0.5) is 0 Å². The number of ether oxygens (including phenoxy) is 1. The molecule has 0 amide bonds. The van der Waals surface area contributed by atoms with E-state index < -0.39 is 0 Å². The summed E-state index contributed by atoms with van der Waals surface area (Å²) in [6.45, 7) is 6.71. The summed E-state index contributed by atoms with van der Waals surface area (Å²) in [5, 5.41) is 3.43. The second-order valence-electron chi connectivity index (χ2n) is 4.38. The maximum Gasteiger partial charge on any atom is 0.0625 e.